The molecule has 0 aromatic carbocycles. The van der Waals surface area contributed by atoms with Crippen LogP contribution in [0.3, 0.4) is 0 Å². The number of halogens is 1. The molecule has 0 spiro atoms. The van der Waals surface area contributed by atoms with Crippen LogP contribution in [0.5, 0.6) is 0 Å². The van der Waals surface area contributed by atoms with Gasteiger partial charge in [0.1, 0.15) is 0 Å². The van der Waals surface area contributed by atoms with Gasteiger partial charge in [-0.1, -0.05) is 0 Å². The molecule has 2 unspecified atom stereocenters. The summed E-state index contributed by atoms with van der Waals surface area (Å²) in [5.74, 6) is 0.913. The molecule has 0 radical (unpaired) electrons. The van der Waals surface area contributed by atoms with Gasteiger partial charge in [0.2, 0.25) is 5.91 Å². The molecule has 1 fully saturated rings. The highest BCUT2D eigenvalue weighted by Crippen LogP contribution is 2.20. The van der Waals surface area contributed by atoms with Crippen LogP contribution in [0.1, 0.15) is 13.3 Å². The second kappa shape index (κ2) is 4.10. The van der Waals surface area contributed by atoms with Crippen molar-refractivity contribution in [3.8, 4) is 0 Å². The van der Waals surface area contributed by atoms with Crippen molar-refractivity contribution in [1.82, 2.24) is 4.90 Å². The van der Waals surface area contributed by atoms with Gasteiger partial charge in [-0.3, -0.25) is 4.79 Å². The zero-order valence-electron chi connectivity index (χ0n) is 7.16. The highest BCUT2D eigenvalue weighted by molar-refractivity contribution is 6.18. The Labute approximate surface area is 77.3 Å². The third-order valence-corrected chi connectivity index (χ3v) is 2.69. The third kappa shape index (κ3) is 1.90. The summed E-state index contributed by atoms with van der Waals surface area (Å²) in [5, 5.41) is 8.85. The van der Waals surface area contributed by atoms with Crippen LogP contribution >= 0.6 is 11.6 Å². The Hall–Kier alpha value is -0.280. The maximum absolute atomic E-state index is 11.3. The molecular weight excluding hydrogens is 178 g/mol. The average molecular weight is 192 g/mol. The number of amides is 1. The van der Waals surface area contributed by atoms with E-state index in [1.165, 1.54) is 0 Å². The Kier molecular flexibility index (Phi) is 3.35. The van der Waals surface area contributed by atoms with E-state index in [0.717, 1.165) is 0 Å². The lowest BCUT2D eigenvalue weighted by molar-refractivity contribution is -0.130. The van der Waals surface area contributed by atoms with Gasteiger partial charge in [-0.2, -0.15) is 0 Å². The number of likely N-dealkylation sites (tertiary alicyclic amines) is 1. The predicted octanol–water partition coefficient (Wildman–Crippen LogP) is 0.455. The van der Waals surface area contributed by atoms with Crippen molar-refractivity contribution in [3.63, 3.8) is 0 Å². The van der Waals surface area contributed by atoms with Crippen LogP contribution in [0, 0.1) is 5.92 Å². The minimum absolute atomic E-state index is 0.0285. The average Bonchev–Trinajstić information content (AvgIpc) is 2.45. The van der Waals surface area contributed by atoms with Gasteiger partial charge in [-0.05, 0) is 12.8 Å². The maximum atomic E-state index is 11.3. The van der Waals surface area contributed by atoms with Crippen LogP contribution in [0.15, 0.2) is 0 Å². The van der Waals surface area contributed by atoms with Crippen molar-refractivity contribution in [1.29, 1.82) is 0 Å². The molecule has 1 aliphatic rings. The van der Waals surface area contributed by atoms with Crippen LogP contribution in [-0.4, -0.2) is 41.0 Å². The zero-order chi connectivity index (χ0) is 9.14. The van der Waals surface area contributed by atoms with E-state index in [4.69, 9.17) is 16.7 Å². The summed E-state index contributed by atoms with van der Waals surface area (Å²) < 4.78 is 0. The van der Waals surface area contributed by atoms with Gasteiger partial charge < -0.3 is 10.0 Å². The zero-order valence-corrected chi connectivity index (χ0v) is 7.92. The number of rotatable bonds is 3. The molecule has 1 heterocycles. The molecular formula is C8H14ClNO2. The molecule has 0 saturated carbocycles. The summed E-state index contributed by atoms with van der Waals surface area (Å²) in [4.78, 5) is 13.0. The number of nitrogens with zero attached hydrogens (tertiary/aromatic N) is 1. The van der Waals surface area contributed by atoms with Gasteiger partial charge in [0.05, 0.1) is 12.6 Å². The minimum Gasteiger partial charge on any atom is -0.394 e. The highest BCUT2D eigenvalue weighted by Gasteiger charge is 2.31. The summed E-state index contributed by atoms with van der Waals surface area (Å²) in [6.45, 7) is 2.57. The lowest BCUT2D eigenvalue weighted by atomic mass is 10.1. The van der Waals surface area contributed by atoms with Crippen LogP contribution in [0.4, 0.5) is 0 Å². The summed E-state index contributed by atoms with van der Waals surface area (Å²) in [6, 6.07) is -0.0642. The van der Waals surface area contributed by atoms with Gasteiger partial charge in [0.15, 0.2) is 0 Å². The standard InChI is InChI=1S/C8H14ClNO2/c1-6(5-11)10-4-7(3-9)2-8(10)12/h6-7,11H,2-5H2,1H3. The van der Waals surface area contributed by atoms with E-state index in [0.29, 0.717) is 18.8 Å². The molecule has 1 rings (SSSR count). The topological polar surface area (TPSA) is 40.5 Å². The first-order chi connectivity index (χ1) is 5.69. The molecule has 1 saturated heterocycles. The molecule has 1 aliphatic heterocycles. The molecule has 1 N–H and O–H groups in total. The van der Waals surface area contributed by atoms with Crippen LogP contribution in [0.2, 0.25) is 0 Å². The molecule has 0 aromatic rings. The van der Waals surface area contributed by atoms with Gasteiger partial charge in [0.25, 0.3) is 0 Å². The van der Waals surface area contributed by atoms with Crippen molar-refractivity contribution in [2.75, 3.05) is 19.0 Å². The lowest BCUT2D eigenvalue weighted by Crippen LogP contribution is -2.36. The Bertz CT molecular complexity index is 174. The predicted molar refractivity (Wildman–Crippen MR) is 47.1 cm³/mol. The first-order valence-corrected chi connectivity index (χ1v) is 4.68. The van der Waals surface area contributed by atoms with Gasteiger partial charge in [-0.25, -0.2) is 0 Å². The third-order valence-electron chi connectivity index (χ3n) is 2.25. The minimum atomic E-state index is -0.0642. The van der Waals surface area contributed by atoms with Crippen molar-refractivity contribution in [2.24, 2.45) is 5.92 Å². The molecule has 70 valence electrons. The summed E-state index contributed by atoms with van der Waals surface area (Å²) in [7, 11) is 0. The number of aliphatic hydroxyl groups excluding tert-OH is 1. The number of carbonyl (C=O) groups is 1. The first-order valence-electron chi connectivity index (χ1n) is 4.15. The second-order valence-corrected chi connectivity index (χ2v) is 3.61. The second-order valence-electron chi connectivity index (χ2n) is 3.30. The normalized spacial score (nSPS) is 26.4. The Morgan fingerprint density at radius 1 is 1.83 bits per heavy atom. The SMILES string of the molecule is CC(CO)N1CC(CCl)CC1=O. The van der Waals surface area contributed by atoms with Gasteiger partial charge >= 0.3 is 0 Å². The van der Waals surface area contributed by atoms with Crippen LogP contribution < -0.4 is 0 Å². The number of hydrogen-bond donors (Lipinski definition) is 1. The van der Waals surface area contributed by atoms with E-state index in [9.17, 15) is 4.79 Å². The van der Waals surface area contributed by atoms with Crippen molar-refractivity contribution in [2.45, 2.75) is 19.4 Å². The van der Waals surface area contributed by atoms with Crippen molar-refractivity contribution >= 4 is 17.5 Å². The summed E-state index contributed by atoms with van der Waals surface area (Å²) >= 11 is 5.64. The fourth-order valence-corrected chi connectivity index (χ4v) is 1.64. The molecule has 2 atom stereocenters. The molecule has 4 heteroatoms. The van der Waals surface area contributed by atoms with Crippen molar-refractivity contribution in [3.05, 3.63) is 0 Å². The Balaban J connectivity index is 2.51. The van der Waals surface area contributed by atoms with Crippen LogP contribution in [-0.2, 0) is 4.79 Å². The van der Waals surface area contributed by atoms with E-state index >= 15 is 0 Å². The molecule has 12 heavy (non-hydrogen) atoms. The molecule has 0 aliphatic carbocycles. The number of carbonyl (C=O) groups excluding carboxylic acids is 1. The quantitative estimate of drug-likeness (QED) is 0.659. The van der Waals surface area contributed by atoms with Gasteiger partial charge in [0, 0.05) is 18.8 Å². The molecule has 0 aromatic heterocycles. The molecule has 0 bridgehead atoms. The number of aliphatic hydroxyl groups is 1. The fraction of sp³-hybridized carbons (Fsp3) is 0.875. The Morgan fingerprint density at radius 3 is 2.92 bits per heavy atom. The van der Waals surface area contributed by atoms with E-state index < -0.39 is 0 Å². The first kappa shape index (κ1) is 9.81. The monoisotopic (exact) mass is 191 g/mol. The van der Waals surface area contributed by atoms with E-state index in [-0.39, 0.29) is 24.5 Å². The van der Waals surface area contributed by atoms with E-state index in [1.54, 1.807) is 4.90 Å². The van der Waals surface area contributed by atoms with Crippen LogP contribution in [0.25, 0.3) is 0 Å². The summed E-state index contributed by atoms with van der Waals surface area (Å²) in [5.41, 5.74) is 0. The molecule has 3 nitrogen and oxygen atoms in total. The largest absolute Gasteiger partial charge is 0.394 e. The van der Waals surface area contributed by atoms with Crippen molar-refractivity contribution < 1.29 is 9.90 Å². The maximum Gasteiger partial charge on any atom is 0.223 e. The van der Waals surface area contributed by atoms with E-state index in [1.807, 2.05) is 6.92 Å². The number of alkyl halides is 1. The molecule has 1 amide bonds. The Morgan fingerprint density at radius 2 is 2.50 bits per heavy atom. The van der Waals surface area contributed by atoms with E-state index in [2.05, 4.69) is 0 Å². The van der Waals surface area contributed by atoms with Gasteiger partial charge in [-0.15, -0.1) is 11.6 Å². The summed E-state index contributed by atoms with van der Waals surface area (Å²) in [6.07, 6.45) is 0.536. The smallest absolute Gasteiger partial charge is 0.223 e. The fourth-order valence-electron chi connectivity index (χ4n) is 1.44. The highest BCUT2D eigenvalue weighted by atomic mass is 35.5. The number of hydrogen-bond acceptors (Lipinski definition) is 2. The lowest BCUT2D eigenvalue weighted by Gasteiger charge is -2.22.